The van der Waals surface area contributed by atoms with E-state index in [1.165, 1.54) is 57.8 Å². The molecule has 0 unspecified atom stereocenters. The van der Waals surface area contributed by atoms with Crippen molar-refractivity contribution in [2.45, 2.75) is 84.0 Å². The molecule has 130 valence electrons. The van der Waals surface area contributed by atoms with Crippen molar-refractivity contribution in [3.8, 4) is 0 Å². The highest BCUT2D eigenvalue weighted by Crippen LogP contribution is 2.12. The summed E-state index contributed by atoms with van der Waals surface area (Å²) < 4.78 is 5.22. The van der Waals surface area contributed by atoms with Crippen LogP contribution in [0.5, 0.6) is 0 Å². The molecule has 0 spiro atoms. The molecule has 1 rings (SSSR count). The first-order chi connectivity index (χ1) is 10.8. The molecule has 1 fully saturated rings. The molecule has 4 nitrogen and oxygen atoms in total. The van der Waals surface area contributed by atoms with E-state index in [0.29, 0.717) is 32.7 Å². The molecular weight excluding hydrogens is 278 g/mol. The van der Waals surface area contributed by atoms with Gasteiger partial charge in [-0.25, -0.2) is 0 Å². The van der Waals surface area contributed by atoms with Crippen molar-refractivity contribution in [2.75, 3.05) is 26.3 Å². The number of morpholine rings is 1. The first kappa shape index (κ1) is 19.4. The summed E-state index contributed by atoms with van der Waals surface area (Å²) >= 11 is 0. The molecule has 0 bridgehead atoms. The Labute approximate surface area is 136 Å². The fraction of sp³-hybridized carbons (Fsp3) is 0.944. The minimum atomic E-state index is -0.0853. The fourth-order valence-corrected chi connectivity index (χ4v) is 2.76. The van der Waals surface area contributed by atoms with Crippen LogP contribution in [0.2, 0.25) is 0 Å². The lowest BCUT2D eigenvalue weighted by molar-refractivity contribution is -0.205. The van der Waals surface area contributed by atoms with Crippen molar-refractivity contribution < 1.29 is 14.4 Å². The Bertz CT molecular complexity index is 265. The lowest BCUT2D eigenvalue weighted by Gasteiger charge is -2.24. The summed E-state index contributed by atoms with van der Waals surface area (Å²) in [5.41, 5.74) is 0. The summed E-state index contributed by atoms with van der Waals surface area (Å²) in [6.45, 7) is 4.97. The van der Waals surface area contributed by atoms with Gasteiger partial charge in [-0.15, -0.1) is 5.06 Å². The average molecular weight is 313 g/mol. The number of hydrogen-bond acceptors (Lipinski definition) is 4. The molecule has 0 aromatic rings. The molecule has 0 aliphatic carbocycles. The standard InChI is InChI=1S/C18H35NO3/c1-2-3-4-5-6-7-8-9-10-11-12-13-18(20)22-19-14-16-21-17-15-19/h2-17H2,1H3. The van der Waals surface area contributed by atoms with Gasteiger partial charge in [0, 0.05) is 6.42 Å². The molecule has 0 aromatic heterocycles. The Morgan fingerprint density at radius 3 is 1.91 bits per heavy atom. The van der Waals surface area contributed by atoms with Crippen LogP contribution in [0.1, 0.15) is 84.0 Å². The highest BCUT2D eigenvalue weighted by atomic mass is 16.7. The molecule has 0 N–H and O–H groups in total. The van der Waals surface area contributed by atoms with Crippen LogP contribution in [-0.4, -0.2) is 37.3 Å². The van der Waals surface area contributed by atoms with Gasteiger partial charge in [0.1, 0.15) is 0 Å². The number of rotatable bonds is 13. The van der Waals surface area contributed by atoms with E-state index in [1.54, 1.807) is 5.06 Å². The van der Waals surface area contributed by atoms with Crippen LogP contribution in [0.15, 0.2) is 0 Å². The maximum atomic E-state index is 11.7. The summed E-state index contributed by atoms with van der Waals surface area (Å²) in [5, 5.41) is 1.73. The van der Waals surface area contributed by atoms with Crippen molar-refractivity contribution in [3.63, 3.8) is 0 Å². The van der Waals surface area contributed by atoms with Crippen molar-refractivity contribution in [1.82, 2.24) is 5.06 Å². The minimum absolute atomic E-state index is 0.0853. The monoisotopic (exact) mass is 313 g/mol. The summed E-state index contributed by atoms with van der Waals surface area (Å²) in [5.74, 6) is -0.0853. The van der Waals surface area contributed by atoms with Gasteiger partial charge in [-0.1, -0.05) is 71.1 Å². The summed E-state index contributed by atoms with van der Waals surface area (Å²) in [6, 6.07) is 0. The molecule has 22 heavy (non-hydrogen) atoms. The second-order valence-electron chi connectivity index (χ2n) is 6.29. The van der Waals surface area contributed by atoms with Crippen LogP contribution in [-0.2, 0) is 14.4 Å². The topological polar surface area (TPSA) is 38.8 Å². The third kappa shape index (κ3) is 11.0. The molecule has 4 heteroatoms. The van der Waals surface area contributed by atoms with Crippen molar-refractivity contribution in [3.05, 3.63) is 0 Å². The number of unbranched alkanes of at least 4 members (excludes halogenated alkanes) is 10. The summed E-state index contributed by atoms with van der Waals surface area (Å²) in [4.78, 5) is 17.0. The lowest BCUT2D eigenvalue weighted by atomic mass is 10.1. The number of hydrogen-bond donors (Lipinski definition) is 0. The van der Waals surface area contributed by atoms with Gasteiger partial charge in [-0.3, -0.25) is 4.79 Å². The summed E-state index contributed by atoms with van der Waals surface area (Å²) in [6.07, 6.45) is 14.9. The molecule has 1 aliphatic heterocycles. The van der Waals surface area contributed by atoms with Crippen molar-refractivity contribution in [2.24, 2.45) is 0 Å². The molecule has 1 saturated heterocycles. The number of carbonyl (C=O) groups is 1. The van der Waals surface area contributed by atoms with Crippen LogP contribution in [0.25, 0.3) is 0 Å². The van der Waals surface area contributed by atoms with E-state index >= 15 is 0 Å². The van der Waals surface area contributed by atoms with Gasteiger partial charge in [-0.2, -0.15) is 0 Å². The Balaban J connectivity index is 1.79. The molecule has 0 amide bonds. The normalized spacial score (nSPS) is 15.9. The Morgan fingerprint density at radius 2 is 1.36 bits per heavy atom. The molecular formula is C18H35NO3. The maximum Gasteiger partial charge on any atom is 0.325 e. The van der Waals surface area contributed by atoms with Gasteiger partial charge in [0.25, 0.3) is 0 Å². The van der Waals surface area contributed by atoms with Crippen LogP contribution in [0.3, 0.4) is 0 Å². The Hall–Kier alpha value is -0.610. The lowest BCUT2D eigenvalue weighted by Crippen LogP contribution is -2.37. The molecule has 0 aromatic carbocycles. The van der Waals surface area contributed by atoms with Gasteiger partial charge in [0.05, 0.1) is 26.3 Å². The van der Waals surface area contributed by atoms with Crippen molar-refractivity contribution in [1.29, 1.82) is 0 Å². The van der Waals surface area contributed by atoms with E-state index in [0.717, 1.165) is 12.8 Å². The zero-order valence-electron chi connectivity index (χ0n) is 14.5. The van der Waals surface area contributed by atoms with E-state index in [2.05, 4.69) is 6.92 Å². The van der Waals surface area contributed by atoms with Gasteiger partial charge in [-0.05, 0) is 6.42 Å². The van der Waals surface area contributed by atoms with Gasteiger partial charge < -0.3 is 9.57 Å². The van der Waals surface area contributed by atoms with Gasteiger partial charge in [0.15, 0.2) is 0 Å². The van der Waals surface area contributed by atoms with Crippen LogP contribution >= 0.6 is 0 Å². The Kier molecular flexibility index (Phi) is 12.4. The predicted octanol–water partition coefficient (Wildman–Crippen LogP) is 4.48. The third-order valence-corrected chi connectivity index (χ3v) is 4.19. The van der Waals surface area contributed by atoms with Gasteiger partial charge >= 0.3 is 5.97 Å². The van der Waals surface area contributed by atoms with Crippen LogP contribution < -0.4 is 0 Å². The SMILES string of the molecule is CCCCCCCCCCCCCC(=O)ON1CCOCC1. The average Bonchev–Trinajstić information content (AvgIpc) is 2.53. The molecule has 0 radical (unpaired) electrons. The Morgan fingerprint density at radius 1 is 0.864 bits per heavy atom. The van der Waals surface area contributed by atoms with E-state index in [-0.39, 0.29) is 5.97 Å². The third-order valence-electron chi connectivity index (χ3n) is 4.19. The highest BCUT2D eigenvalue weighted by Gasteiger charge is 2.14. The second-order valence-corrected chi connectivity index (χ2v) is 6.29. The minimum Gasteiger partial charge on any atom is -0.379 e. The fourth-order valence-electron chi connectivity index (χ4n) is 2.76. The predicted molar refractivity (Wildman–Crippen MR) is 89.6 cm³/mol. The molecule has 0 atom stereocenters. The van der Waals surface area contributed by atoms with Crippen LogP contribution in [0, 0.1) is 0 Å². The number of ether oxygens (including phenoxy) is 1. The molecule has 1 heterocycles. The largest absolute Gasteiger partial charge is 0.379 e. The van der Waals surface area contributed by atoms with Crippen LogP contribution in [0.4, 0.5) is 0 Å². The highest BCUT2D eigenvalue weighted by molar-refractivity contribution is 5.68. The zero-order chi connectivity index (χ0) is 15.9. The smallest absolute Gasteiger partial charge is 0.325 e. The van der Waals surface area contributed by atoms with E-state index in [4.69, 9.17) is 9.57 Å². The van der Waals surface area contributed by atoms with Crippen molar-refractivity contribution >= 4 is 5.97 Å². The van der Waals surface area contributed by atoms with Gasteiger partial charge in [0.2, 0.25) is 0 Å². The zero-order valence-corrected chi connectivity index (χ0v) is 14.5. The number of carbonyl (C=O) groups excluding carboxylic acids is 1. The number of nitrogens with zero attached hydrogens (tertiary/aromatic N) is 1. The van der Waals surface area contributed by atoms with E-state index in [9.17, 15) is 4.79 Å². The first-order valence-corrected chi connectivity index (χ1v) is 9.36. The van der Waals surface area contributed by atoms with E-state index < -0.39 is 0 Å². The quantitative estimate of drug-likeness (QED) is 0.470. The second kappa shape index (κ2) is 14.0. The summed E-state index contributed by atoms with van der Waals surface area (Å²) in [7, 11) is 0. The van der Waals surface area contributed by atoms with E-state index in [1.807, 2.05) is 0 Å². The first-order valence-electron chi connectivity index (χ1n) is 9.36. The number of hydroxylamine groups is 2. The molecule has 0 saturated carbocycles. The molecule has 1 aliphatic rings. The maximum absolute atomic E-state index is 11.7.